The summed E-state index contributed by atoms with van der Waals surface area (Å²) in [6, 6.07) is 7.01. The Morgan fingerprint density at radius 3 is 2.86 bits per heavy atom. The Kier molecular flexibility index (Phi) is 3.48. The number of rotatable bonds is 3. The Morgan fingerprint density at radius 1 is 1.57 bits per heavy atom. The lowest BCUT2D eigenvalue weighted by atomic mass is 10.2. The van der Waals surface area contributed by atoms with E-state index in [1.54, 1.807) is 31.2 Å². The van der Waals surface area contributed by atoms with Gasteiger partial charge in [-0.3, -0.25) is 4.79 Å². The molecule has 76 valence electrons. The van der Waals surface area contributed by atoms with Crippen LogP contribution in [0.4, 0.5) is 11.4 Å². The monoisotopic (exact) mass is 194 g/mol. The molecule has 3 N–H and O–H groups in total. The fourth-order valence-corrected chi connectivity index (χ4v) is 0.967. The van der Waals surface area contributed by atoms with Gasteiger partial charge in [-0.15, -0.1) is 0 Å². The summed E-state index contributed by atoms with van der Waals surface area (Å²) in [5.74, 6) is -0.182. The molecule has 0 aliphatic rings. The molecule has 0 aromatic heterocycles. The summed E-state index contributed by atoms with van der Waals surface area (Å²) < 4.78 is 4.87. The second-order valence-corrected chi connectivity index (χ2v) is 2.99. The van der Waals surface area contributed by atoms with Crippen molar-refractivity contribution in [1.29, 1.82) is 0 Å². The Bertz CT molecular complexity index is 326. The molecule has 0 saturated heterocycles. The zero-order valence-electron chi connectivity index (χ0n) is 8.28. The maximum absolute atomic E-state index is 11.4. The van der Waals surface area contributed by atoms with Crippen LogP contribution in [0, 0.1) is 0 Å². The van der Waals surface area contributed by atoms with Gasteiger partial charge in [-0.25, -0.2) is 0 Å². The van der Waals surface area contributed by atoms with Gasteiger partial charge < -0.3 is 15.8 Å². The molecule has 1 amide bonds. The molecule has 0 aliphatic carbocycles. The molecule has 1 aromatic rings. The summed E-state index contributed by atoms with van der Waals surface area (Å²) in [5.41, 5.74) is 6.86. The van der Waals surface area contributed by atoms with Crippen LogP contribution in [0.1, 0.15) is 6.92 Å². The summed E-state index contributed by atoms with van der Waals surface area (Å²) in [4.78, 5) is 11.4. The van der Waals surface area contributed by atoms with Crippen LogP contribution in [0.3, 0.4) is 0 Å². The number of benzene rings is 1. The second kappa shape index (κ2) is 4.62. The lowest BCUT2D eigenvalue weighted by Crippen LogP contribution is -2.26. The van der Waals surface area contributed by atoms with E-state index >= 15 is 0 Å². The Balaban J connectivity index is 2.65. The van der Waals surface area contributed by atoms with Gasteiger partial charge in [-0.1, -0.05) is 6.07 Å². The lowest BCUT2D eigenvalue weighted by Gasteiger charge is -2.10. The van der Waals surface area contributed by atoms with E-state index < -0.39 is 6.10 Å². The topological polar surface area (TPSA) is 64.3 Å². The molecule has 0 spiro atoms. The highest BCUT2D eigenvalue weighted by Gasteiger charge is 2.10. The fourth-order valence-electron chi connectivity index (χ4n) is 0.967. The number of anilines is 2. The van der Waals surface area contributed by atoms with Crippen LogP contribution in [0.15, 0.2) is 24.3 Å². The highest BCUT2D eigenvalue weighted by Crippen LogP contribution is 2.12. The van der Waals surface area contributed by atoms with Crippen LogP contribution >= 0.6 is 0 Å². The van der Waals surface area contributed by atoms with E-state index in [0.29, 0.717) is 11.4 Å². The van der Waals surface area contributed by atoms with Gasteiger partial charge in [0.15, 0.2) is 0 Å². The molecule has 0 fully saturated rings. The maximum atomic E-state index is 11.4. The van der Waals surface area contributed by atoms with Gasteiger partial charge in [-0.05, 0) is 25.1 Å². The van der Waals surface area contributed by atoms with Gasteiger partial charge in [0.05, 0.1) is 0 Å². The number of nitrogens with one attached hydrogen (secondary N) is 1. The van der Waals surface area contributed by atoms with Gasteiger partial charge in [0.1, 0.15) is 6.10 Å². The normalized spacial score (nSPS) is 12.1. The Hall–Kier alpha value is -1.55. The third-order valence-corrected chi connectivity index (χ3v) is 1.88. The summed E-state index contributed by atoms with van der Waals surface area (Å²) >= 11 is 0. The zero-order chi connectivity index (χ0) is 10.6. The molecule has 1 unspecified atom stereocenters. The second-order valence-electron chi connectivity index (χ2n) is 2.99. The molecular formula is C10H14N2O2. The number of carbonyl (C=O) groups is 1. The quantitative estimate of drug-likeness (QED) is 0.711. The largest absolute Gasteiger partial charge is 0.399 e. The fraction of sp³-hybridized carbons (Fsp3) is 0.300. The summed E-state index contributed by atoms with van der Waals surface area (Å²) in [6.45, 7) is 1.68. The molecular weight excluding hydrogens is 180 g/mol. The number of methoxy groups -OCH3 is 1. The van der Waals surface area contributed by atoms with Gasteiger partial charge >= 0.3 is 0 Å². The van der Waals surface area contributed by atoms with Crippen molar-refractivity contribution in [2.45, 2.75) is 13.0 Å². The Labute approximate surface area is 83.1 Å². The first kappa shape index (κ1) is 10.5. The highest BCUT2D eigenvalue weighted by molar-refractivity contribution is 5.94. The van der Waals surface area contributed by atoms with Crippen molar-refractivity contribution in [3.63, 3.8) is 0 Å². The number of nitrogens with two attached hydrogens (primary N) is 1. The number of amides is 1. The molecule has 1 atom stereocenters. The average molecular weight is 194 g/mol. The van der Waals surface area contributed by atoms with Crippen molar-refractivity contribution in [2.75, 3.05) is 18.2 Å². The maximum Gasteiger partial charge on any atom is 0.253 e. The third-order valence-electron chi connectivity index (χ3n) is 1.88. The Morgan fingerprint density at radius 2 is 2.29 bits per heavy atom. The van der Waals surface area contributed by atoms with Crippen molar-refractivity contribution in [3.8, 4) is 0 Å². The van der Waals surface area contributed by atoms with Crippen molar-refractivity contribution in [1.82, 2.24) is 0 Å². The molecule has 0 heterocycles. The predicted molar refractivity (Wildman–Crippen MR) is 56.0 cm³/mol. The van der Waals surface area contributed by atoms with E-state index in [1.165, 1.54) is 7.11 Å². The third kappa shape index (κ3) is 2.74. The smallest absolute Gasteiger partial charge is 0.253 e. The number of hydrogen-bond acceptors (Lipinski definition) is 3. The molecule has 1 rings (SSSR count). The number of nitrogen functional groups attached to an aromatic ring is 1. The molecule has 0 saturated carbocycles. The van der Waals surface area contributed by atoms with Crippen LogP contribution in [0.2, 0.25) is 0 Å². The van der Waals surface area contributed by atoms with Gasteiger partial charge in [0.2, 0.25) is 0 Å². The number of hydrogen-bond donors (Lipinski definition) is 2. The van der Waals surface area contributed by atoms with Gasteiger partial charge in [0.25, 0.3) is 5.91 Å². The van der Waals surface area contributed by atoms with Crippen molar-refractivity contribution < 1.29 is 9.53 Å². The van der Waals surface area contributed by atoms with Crippen molar-refractivity contribution >= 4 is 17.3 Å². The minimum Gasteiger partial charge on any atom is -0.399 e. The van der Waals surface area contributed by atoms with E-state index in [-0.39, 0.29) is 5.91 Å². The minimum atomic E-state index is -0.462. The highest BCUT2D eigenvalue weighted by atomic mass is 16.5. The van der Waals surface area contributed by atoms with Gasteiger partial charge in [-0.2, -0.15) is 0 Å². The van der Waals surface area contributed by atoms with Crippen LogP contribution in [-0.4, -0.2) is 19.1 Å². The molecule has 1 aromatic carbocycles. The SMILES string of the molecule is COC(C)C(=O)Nc1cccc(N)c1. The van der Waals surface area contributed by atoms with E-state index in [9.17, 15) is 4.79 Å². The lowest BCUT2D eigenvalue weighted by molar-refractivity contribution is -0.124. The molecule has 4 heteroatoms. The van der Waals surface area contributed by atoms with E-state index in [1.807, 2.05) is 0 Å². The average Bonchev–Trinajstić information content (AvgIpc) is 2.16. The molecule has 0 radical (unpaired) electrons. The first-order valence-corrected chi connectivity index (χ1v) is 4.32. The molecule has 0 bridgehead atoms. The summed E-state index contributed by atoms with van der Waals surface area (Å²) in [7, 11) is 1.49. The minimum absolute atomic E-state index is 0.182. The summed E-state index contributed by atoms with van der Waals surface area (Å²) in [5, 5.41) is 2.69. The van der Waals surface area contributed by atoms with E-state index in [4.69, 9.17) is 10.5 Å². The van der Waals surface area contributed by atoms with Gasteiger partial charge in [0, 0.05) is 18.5 Å². The van der Waals surface area contributed by atoms with Crippen LogP contribution in [0.5, 0.6) is 0 Å². The standard InChI is InChI=1S/C10H14N2O2/c1-7(14-2)10(13)12-9-5-3-4-8(11)6-9/h3-7H,11H2,1-2H3,(H,12,13). The predicted octanol–water partition coefficient (Wildman–Crippen LogP) is 1.24. The van der Waals surface area contributed by atoms with Crippen molar-refractivity contribution in [2.24, 2.45) is 0 Å². The summed E-state index contributed by atoms with van der Waals surface area (Å²) in [6.07, 6.45) is -0.462. The van der Waals surface area contributed by atoms with Crippen LogP contribution in [0.25, 0.3) is 0 Å². The molecule has 0 aliphatic heterocycles. The van der Waals surface area contributed by atoms with E-state index in [0.717, 1.165) is 0 Å². The first-order valence-electron chi connectivity index (χ1n) is 4.32. The first-order chi connectivity index (χ1) is 6.63. The van der Waals surface area contributed by atoms with Crippen molar-refractivity contribution in [3.05, 3.63) is 24.3 Å². The number of ether oxygens (including phenoxy) is 1. The molecule has 14 heavy (non-hydrogen) atoms. The number of carbonyl (C=O) groups excluding carboxylic acids is 1. The van der Waals surface area contributed by atoms with Crippen LogP contribution in [-0.2, 0) is 9.53 Å². The zero-order valence-corrected chi connectivity index (χ0v) is 8.28. The molecule has 4 nitrogen and oxygen atoms in total. The van der Waals surface area contributed by atoms with E-state index in [2.05, 4.69) is 5.32 Å². The van der Waals surface area contributed by atoms with Crippen LogP contribution < -0.4 is 11.1 Å².